The fourth-order valence-electron chi connectivity index (χ4n) is 6.38. The summed E-state index contributed by atoms with van der Waals surface area (Å²) in [6, 6.07) is 0.795. The van der Waals surface area contributed by atoms with Crippen molar-refractivity contribution in [3.63, 3.8) is 0 Å². The second kappa shape index (κ2) is 9.43. The molecule has 1 fully saturated rings. The molecule has 0 aromatic heterocycles. The highest BCUT2D eigenvalue weighted by Gasteiger charge is 2.64. The summed E-state index contributed by atoms with van der Waals surface area (Å²) in [4.78, 5) is 42.7. The predicted octanol–water partition coefficient (Wildman–Crippen LogP) is 1.62. The molecule has 0 unspecified atom stereocenters. The van der Waals surface area contributed by atoms with Gasteiger partial charge in [-0.15, -0.1) is 0 Å². The lowest BCUT2D eigenvalue weighted by molar-refractivity contribution is -0.153. The number of aromatic hydroxyl groups is 1. The van der Waals surface area contributed by atoms with Crippen molar-refractivity contribution < 1.29 is 34.8 Å². The number of aryl methyl sites for hydroxylation is 1. The van der Waals surface area contributed by atoms with Crippen LogP contribution in [0.2, 0.25) is 0 Å². The van der Waals surface area contributed by atoms with Crippen LogP contribution in [-0.2, 0) is 27.2 Å². The Morgan fingerprint density at radius 3 is 2.32 bits per heavy atom. The molecule has 0 heterocycles. The average molecular weight is 528 g/mol. The number of phenolic OH excluding ortho intramolecular Hbond substituents is 1. The normalized spacial score (nSPS) is 27.0. The molecule has 6 N–H and O–H groups in total. The van der Waals surface area contributed by atoms with Gasteiger partial charge in [0.25, 0.3) is 5.91 Å². The molecular formula is C28H37N3O7. The molecule has 3 aliphatic carbocycles. The molecule has 0 radical (unpaired) electrons. The Bertz CT molecular complexity index is 1290. The first-order valence-electron chi connectivity index (χ1n) is 12.8. The lowest BCUT2D eigenvalue weighted by Gasteiger charge is -2.50. The summed E-state index contributed by atoms with van der Waals surface area (Å²) in [5.74, 6) is -6.02. The minimum absolute atomic E-state index is 0.0640. The maximum Gasteiger partial charge on any atom is 0.255 e. The molecule has 1 saturated carbocycles. The number of rotatable bonds is 6. The highest BCUT2D eigenvalue weighted by atomic mass is 16.3. The standard InChI is InChI=1S/C28H37N3O7/c1-12(2)7-8-13-11-17(30(3)4)15-9-14-10-16-21(31(5)6)24(34)20(27(29)37)26(36)28(16,38)25(35)18(14)23(33)19(15)22(13)32/h11-12,14,16,21,32-33,36,38H,7-10H2,1-6H3,(H2,29,37)/t14-,16-,21-,28+/m1/s1. The summed E-state index contributed by atoms with van der Waals surface area (Å²) in [7, 11) is 6.87. The molecule has 4 atom stereocenters. The van der Waals surface area contributed by atoms with Crippen molar-refractivity contribution in [1.82, 2.24) is 4.90 Å². The summed E-state index contributed by atoms with van der Waals surface area (Å²) in [5.41, 5.74) is 3.98. The number of hydrogen-bond donors (Lipinski definition) is 5. The number of nitrogens with two attached hydrogens (primary N) is 1. The first kappa shape index (κ1) is 27.7. The molecule has 206 valence electrons. The van der Waals surface area contributed by atoms with Crippen molar-refractivity contribution >= 4 is 28.9 Å². The van der Waals surface area contributed by atoms with E-state index in [0.29, 0.717) is 23.5 Å². The Hall–Kier alpha value is -3.37. The molecule has 0 bridgehead atoms. The lowest BCUT2D eigenvalue weighted by atomic mass is 9.57. The van der Waals surface area contributed by atoms with Gasteiger partial charge >= 0.3 is 0 Å². The van der Waals surface area contributed by atoms with Gasteiger partial charge < -0.3 is 31.1 Å². The van der Waals surface area contributed by atoms with Gasteiger partial charge in [-0.1, -0.05) is 13.8 Å². The van der Waals surface area contributed by atoms with E-state index in [9.17, 15) is 34.8 Å². The smallest absolute Gasteiger partial charge is 0.255 e. The number of ketones is 2. The molecule has 0 aliphatic heterocycles. The number of benzene rings is 1. The van der Waals surface area contributed by atoms with Crippen LogP contribution in [0.3, 0.4) is 0 Å². The molecule has 10 nitrogen and oxygen atoms in total. The van der Waals surface area contributed by atoms with Crippen LogP contribution in [0.5, 0.6) is 5.75 Å². The van der Waals surface area contributed by atoms with Gasteiger partial charge in [0, 0.05) is 31.3 Å². The Morgan fingerprint density at radius 1 is 1.16 bits per heavy atom. The second-order valence-electron chi connectivity index (χ2n) is 11.5. The number of carbonyl (C=O) groups excluding carboxylic acids is 3. The van der Waals surface area contributed by atoms with Gasteiger partial charge in [0.1, 0.15) is 22.8 Å². The van der Waals surface area contributed by atoms with Crippen molar-refractivity contribution in [1.29, 1.82) is 0 Å². The quantitative estimate of drug-likeness (QED) is 0.346. The van der Waals surface area contributed by atoms with Crippen LogP contribution in [0, 0.1) is 17.8 Å². The van der Waals surface area contributed by atoms with Crippen LogP contribution in [-0.4, -0.2) is 82.6 Å². The number of likely N-dealkylation sites (N-methyl/N-ethyl adjacent to an activating group) is 1. The molecule has 38 heavy (non-hydrogen) atoms. The van der Waals surface area contributed by atoms with E-state index in [4.69, 9.17) is 5.73 Å². The summed E-state index contributed by atoms with van der Waals surface area (Å²) in [5, 5.41) is 45.5. The molecule has 0 saturated heterocycles. The second-order valence-corrected chi connectivity index (χ2v) is 11.5. The van der Waals surface area contributed by atoms with Gasteiger partial charge in [-0.3, -0.25) is 19.3 Å². The molecule has 4 rings (SSSR count). The highest BCUT2D eigenvalue weighted by Crippen LogP contribution is 2.54. The van der Waals surface area contributed by atoms with Crippen LogP contribution in [0.25, 0.3) is 5.76 Å². The van der Waals surface area contributed by atoms with Crippen molar-refractivity contribution in [3.05, 3.63) is 39.7 Å². The van der Waals surface area contributed by atoms with E-state index in [1.807, 2.05) is 25.1 Å². The van der Waals surface area contributed by atoms with Gasteiger partial charge in [-0.2, -0.15) is 0 Å². The Morgan fingerprint density at radius 2 is 1.79 bits per heavy atom. The topological polar surface area (TPSA) is 165 Å². The van der Waals surface area contributed by atoms with Gasteiger partial charge in [-0.25, -0.2) is 0 Å². The number of fused-ring (bicyclic) bond motifs is 3. The number of Topliss-reactive ketones (excluding diaryl/α,β-unsaturated/α-hetero) is 2. The zero-order valence-electron chi connectivity index (χ0n) is 22.7. The number of hydrogen-bond acceptors (Lipinski definition) is 9. The summed E-state index contributed by atoms with van der Waals surface area (Å²) in [6.07, 6.45) is 1.68. The van der Waals surface area contributed by atoms with Crippen LogP contribution >= 0.6 is 0 Å². The minimum Gasteiger partial charge on any atom is -0.508 e. The van der Waals surface area contributed by atoms with E-state index in [0.717, 1.165) is 12.1 Å². The van der Waals surface area contributed by atoms with Gasteiger partial charge in [-0.05, 0) is 68.8 Å². The number of aliphatic hydroxyl groups excluding tert-OH is 2. The highest BCUT2D eigenvalue weighted by molar-refractivity contribution is 6.24. The number of carbonyl (C=O) groups is 3. The van der Waals surface area contributed by atoms with Crippen LogP contribution < -0.4 is 10.6 Å². The molecule has 10 heteroatoms. The zero-order valence-corrected chi connectivity index (χ0v) is 22.7. The first-order valence-corrected chi connectivity index (χ1v) is 12.8. The SMILES string of the molecule is CC(C)CCc1cc(N(C)C)c2c(c1O)C(O)=C1C(=O)[C@]3(O)C(O)=C(C(N)=O)C(=O)[C@H](N(C)C)[C@H]3C[C@H]1C2. The zero-order chi connectivity index (χ0) is 28.4. The number of nitrogens with zero attached hydrogens (tertiary/aromatic N) is 2. The van der Waals surface area contributed by atoms with E-state index < -0.39 is 58.0 Å². The molecule has 0 spiro atoms. The number of primary amides is 1. The van der Waals surface area contributed by atoms with Crippen LogP contribution in [0.15, 0.2) is 23.0 Å². The maximum atomic E-state index is 14.0. The molecular weight excluding hydrogens is 490 g/mol. The predicted molar refractivity (Wildman–Crippen MR) is 142 cm³/mol. The average Bonchev–Trinajstić information content (AvgIpc) is 2.80. The largest absolute Gasteiger partial charge is 0.508 e. The third-order valence-corrected chi connectivity index (χ3v) is 8.25. The Balaban J connectivity index is 1.97. The van der Waals surface area contributed by atoms with Crippen LogP contribution in [0.4, 0.5) is 5.69 Å². The minimum atomic E-state index is -2.64. The van der Waals surface area contributed by atoms with E-state index in [-0.39, 0.29) is 29.7 Å². The van der Waals surface area contributed by atoms with Crippen molar-refractivity contribution in [2.24, 2.45) is 23.5 Å². The number of aliphatic hydroxyl groups is 3. The molecule has 1 aromatic rings. The monoisotopic (exact) mass is 527 g/mol. The third-order valence-electron chi connectivity index (χ3n) is 8.25. The maximum absolute atomic E-state index is 14.0. The third kappa shape index (κ3) is 3.89. The van der Waals surface area contributed by atoms with E-state index in [1.54, 1.807) is 14.1 Å². The van der Waals surface area contributed by atoms with Gasteiger partial charge in [0.05, 0.1) is 11.6 Å². The molecule has 3 aliphatic rings. The van der Waals surface area contributed by atoms with E-state index >= 15 is 0 Å². The summed E-state index contributed by atoms with van der Waals surface area (Å²) >= 11 is 0. The van der Waals surface area contributed by atoms with Crippen molar-refractivity contribution in [2.45, 2.75) is 51.2 Å². The van der Waals surface area contributed by atoms with E-state index in [2.05, 4.69) is 13.8 Å². The van der Waals surface area contributed by atoms with Gasteiger partial charge in [0.2, 0.25) is 5.78 Å². The van der Waals surface area contributed by atoms with Gasteiger partial charge in [0.15, 0.2) is 11.4 Å². The van der Waals surface area contributed by atoms with Crippen molar-refractivity contribution in [3.8, 4) is 5.75 Å². The Labute approximate surface area is 222 Å². The van der Waals surface area contributed by atoms with E-state index in [1.165, 1.54) is 4.90 Å². The fourth-order valence-corrected chi connectivity index (χ4v) is 6.38. The first-order chi connectivity index (χ1) is 17.6. The molecule has 1 aromatic carbocycles. The van der Waals surface area contributed by atoms with Crippen LogP contribution in [0.1, 0.15) is 43.4 Å². The number of phenols is 1. The number of anilines is 1. The number of amides is 1. The fraction of sp³-hybridized carbons (Fsp3) is 0.536. The summed E-state index contributed by atoms with van der Waals surface area (Å²) in [6.45, 7) is 4.14. The Kier molecular flexibility index (Phi) is 6.86. The molecule has 1 amide bonds. The van der Waals surface area contributed by atoms with Crippen molar-refractivity contribution in [2.75, 3.05) is 33.1 Å². The lowest BCUT2D eigenvalue weighted by Crippen LogP contribution is -2.65. The summed E-state index contributed by atoms with van der Waals surface area (Å²) < 4.78 is 0.